The van der Waals surface area contributed by atoms with Crippen LogP contribution in [0.1, 0.15) is 0 Å². The zero-order valence-corrected chi connectivity index (χ0v) is 18.4. The fourth-order valence-corrected chi connectivity index (χ4v) is 1.48. The Morgan fingerprint density at radius 3 is 0.667 bits per heavy atom. The van der Waals surface area contributed by atoms with E-state index >= 15 is 0 Å². The number of hydrogen-bond acceptors (Lipinski definition) is 16. The van der Waals surface area contributed by atoms with Gasteiger partial charge in [-0.3, -0.25) is 29.0 Å². The van der Waals surface area contributed by atoms with Gasteiger partial charge in [-0.25, -0.2) is 4.79 Å². The molecule has 0 fully saturated rings. The van der Waals surface area contributed by atoms with Crippen LogP contribution in [0.2, 0.25) is 0 Å². The lowest BCUT2D eigenvalue weighted by Gasteiger charge is -2.23. The number of carboxylic acids is 4. The summed E-state index contributed by atoms with van der Waals surface area (Å²) in [5, 5.41) is 99.0. The molecule has 0 aliphatic heterocycles. The first-order chi connectivity index (χ1) is 16.1. The molecular formula is C11H29B3N4O18. The van der Waals surface area contributed by atoms with Crippen LogP contribution in [0.3, 0.4) is 0 Å². The molecule has 0 saturated carbocycles. The van der Waals surface area contributed by atoms with Gasteiger partial charge in [-0.2, -0.15) is 0 Å². The van der Waals surface area contributed by atoms with Crippen LogP contribution in [0.4, 0.5) is 4.79 Å². The molecule has 0 unspecified atom stereocenters. The number of carboxylic acid groups (broad SMARTS) is 4. The second-order valence-corrected chi connectivity index (χ2v) is 5.44. The van der Waals surface area contributed by atoms with E-state index in [2.05, 4.69) is 11.5 Å². The van der Waals surface area contributed by atoms with Gasteiger partial charge in [0.05, 0.1) is 26.2 Å². The largest absolute Gasteiger partial charge is 0.631 e. The SMILES string of the molecule is NC(N)=O.O=C(O)CN(CCN(CC(=O)O)CC(=O)O)CC(=O)O.OB(O)O.OB(O)O.OB(O)O. The maximum absolute atomic E-state index is 10.6. The van der Waals surface area contributed by atoms with E-state index in [0.717, 1.165) is 9.80 Å². The minimum Gasteiger partial charge on any atom is -0.480 e. The Kier molecular flexibility index (Phi) is 33.6. The quantitative estimate of drug-likeness (QED) is 0.109. The summed E-state index contributed by atoms with van der Waals surface area (Å²) in [6, 6.07) is -0.833. The van der Waals surface area contributed by atoms with Crippen LogP contribution in [-0.4, -0.2) is 167 Å². The smallest absolute Gasteiger partial charge is 0.480 e. The Bertz CT molecular complexity index is 518. The lowest BCUT2D eigenvalue weighted by Crippen LogP contribution is -2.43. The minimum absolute atomic E-state index is 0.0703. The average Bonchev–Trinajstić information content (AvgIpc) is 2.55. The molecule has 0 aromatic heterocycles. The number of hydrogen-bond donors (Lipinski definition) is 15. The van der Waals surface area contributed by atoms with Crippen LogP contribution < -0.4 is 11.5 Å². The van der Waals surface area contributed by atoms with Crippen molar-refractivity contribution in [1.29, 1.82) is 0 Å². The molecule has 0 aromatic carbocycles. The maximum atomic E-state index is 10.6. The number of carbonyl (C=O) groups excluding carboxylic acids is 1. The fraction of sp³-hybridized carbons (Fsp3) is 0.545. The number of amides is 2. The lowest BCUT2D eigenvalue weighted by atomic mass is 10.3. The van der Waals surface area contributed by atoms with Crippen molar-refractivity contribution >= 4 is 51.9 Å². The standard InChI is InChI=1S/C10H16N2O8.CH4N2O.3BH3O3/c13-7(14)3-11(4-8(15)16)1-2-12(5-9(17)18)6-10(19)20;4*2-1(3)4/h1-6H2,(H,13,14)(H,15,16)(H,17,18)(H,19,20);(H4,2,3,4);3*2-4H. The highest BCUT2D eigenvalue weighted by Crippen LogP contribution is 1.94. The van der Waals surface area contributed by atoms with Gasteiger partial charge in [0, 0.05) is 13.1 Å². The van der Waals surface area contributed by atoms with Crippen molar-refractivity contribution in [3.63, 3.8) is 0 Å². The highest BCUT2D eigenvalue weighted by atomic mass is 16.5. The Hall–Kier alpha value is -3.10. The average molecular weight is 538 g/mol. The Balaban J connectivity index is -0.000000161. The monoisotopic (exact) mass is 538 g/mol. The van der Waals surface area contributed by atoms with E-state index in [-0.39, 0.29) is 13.1 Å². The summed E-state index contributed by atoms with van der Waals surface area (Å²) in [5.74, 6) is -4.91. The van der Waals surface area contributed by atoms with E-state index in [1.807, 2.05) is 0 Å². The molecule has 0 radical (unpaired) electrons. The minimum atomic E-state index is -2.17. The number of urea groups is 1. The van der Waals surface area contributed by atoms with Gasteiger partial charge < -0.3 is 77.1 Å². The molecule has 210 valence electrons. The lowest BCUT2D eigenvalue weighted by molar-refractivity contribution is -0.145. The number of nitrogens with zero attached hydrogens (tertiary/aromatic N) is 2. The van der Waals surface area contributed by atoms with Crippen molar-refractivity contribution in [2.75, 3.05) is 39.3 Å². The van der Waals surface area contributed by atoms with Gasteiger partial charge in [-0.15, -0.1) is 0 Å². The van der Waals surface area contributed by atoms with Crippen LogP contribution >= 0.6 is 0 Å². The highest BCUT2D eigenvalue weighted by molar-refractivity contribution is 6.31. The van der Waals surface area contributed by atoms with E-state index in [1.54, 1.807) is 0 Å². The van der Waals surface area contributed by atoms with E-state index < -0.39 is 78.1 Å². The summed E-state index contributed by atoms with van der Waals surface area (Å²) in [6.07, 6.45) is 0. The Labute approximate surface area is 203 Å². The first-order valence-corrected chi connectivity index (χ1v) is 8.63. The molecule has 36 heavy (non-hydrogen) atoms. The summed E-state index contributed by atoms with van der Waals surface area (Å²) in [4.78, 5) is 53.4. The summed E-state index contributed by atoms with van der Waals surface area (Å²) in [6.45, 7) is -2.25. The molecule has 0 aromatic rings. The molecule has 17 N–H and O–H groups in total. The molecule has 0 aliphatic rings. The van der Waals surface area contributed by atoms with Crippen LogP contribution in [0, 0.1) is 0 Å². The second kappa shape index (κ2) is 28.1. The van der Waals surface area contributed by atoms with Gasteiger partial charge in [-0.05, 0) is 0 Å². The molecule has 0 rings (SSSR count). The number of primary amides is 2. The predicted octanol–water partition coefficient (Wildman–Crippen LogP) is -9.20. The first-order valence-electron chi connectivity index (χ1n) is 8.63. The number of carbonyl (C=O) groups is 5. The predicted molar refractivity (Wildman–Crippen MR) is 114 cm³/mol. The van der Waals surface area contributed by atoms with Crippen molar-refractivity contribution in [3.8, 4) is 0 Å². The van der Waals surface area contributed by atoms with Crippen LogP contribution in [0.15, 0.2) is 0 Å². The third-order valence-corrected chi connectivity index (χ3v) is 2.17. The zero-order chi connectivity index (χ0) is 30.0. The topological polar surface area (TPSA) is 407 Å². The van der Waals surface area contributed by atoms with Gasteiger partial charge in [0.2, 0.25) is 0 Å². The van der Waals surface area contributed by atoms with E-state index in [9.17, 15) is 19.2 Å². The molecule has 0 bridgehead atoms. The molecule has 2 amide bonds. The molecule has 0 aliphatic carbocycles. The Morgan fingerprint density at radius 1 is 0.472 bits per heavy atom. The van der Waals surface area contributed by atoms with Gasteiger partial charge in [0.15, 0.2) is 0 Å². The zero-order valence-electron chi connectivity index (χ0n) is 18.4. The maximum Gasteiger partial charge on any atom is 0.631 e. The van der Waals surface area contributed by atoms with Crippen molar-refractivity contribution in [2.45, 2.75) is 0 Å². The molecule has 22 nitrogen and oxygen atoms in total. The Morgan fingerprint density at radius 2 is 0.583 bits per heavy atom. The first kappa shape index (κ1) is 43.0. The normalized spacial score (nSPS) is 8.86. The summed E-state index contributed by atoms with van der Waals surface area (Å²) in [7, 11) is -6.50. The van der Waals surface area contributed by atoms with Crippen LogP contribution in [0.25, 0.3) is 0 Å². The highest BCUT2D eigenvalue weighted by Gasteiger charge is 2.18. The second-order valence-electron chi connectivity index (χ2n) is 5.44. The van der Waals surface area contributed by atoms with Crippen molar-refractivity contribution < 1.29 is 89.6 Å². The van der Waals surface area contributed by atoms with Gasteiger partial charge in [0.1, 0.15) is 0 Å². The molecule has 0 saturated heterocycles. The van der Waals surface area contributed by atoms with Crippen LogP contribution in [0.5, 0.6) is 0 Å². The van der Waals surface area contributed by atoms with Gasteiger partial charge in [0.25, 0.3) is 0 Å². The number of aliphatic carboxylic acids is 4. The van der Waals surface area contributed by atoms with Gasteiger partial charge in [-0.1, -0.05) is 0 Å². The summed E-state index contributed by atoms with van der Waals surface area (Å²) >= 11 is 0. The third-order valence-electron chi connectivity index (χ3n) is 2.17. The van der Waals surface area contributed by atoms with E-state index in [0.29, 0.717) is 0 Å². The number of rotatable bonds is 11. The van der Waals surface area contributed by atoms with E-state index in [4.69, 9.17) is 70.4 Å². The van der Waals surface area contributed by atoms with Crippen molar-refractivity contribution in [2.24, 2.45) is 11.5 Å². The third kappa shape index (κ3) is 86.2. The molecule has 25 heteroatoms. The van der Waals surface area contributed by atoms with Crippen molar-refractivity contribution in [1.82, 2.24) is 9.80 Å². The molecule has 0 spiro atoms. The number of nitrogens with two attached hydrogens (primary N) is 2. The summed E-state index contributed by atoms with van der Waals surface area (Å²) in [5.41, 5.74) is 8.50. The molecular weight excluding hydrogens is 509 g/mol. The fourth-order valence-electron chi connectivity index (χ4n) is 1.48. The van der Waals surface area contributed by atoms with Gasteiger partial charge >= 0.3 is 51.9 Å². The summed E-state index contributed by atoms with van der Waals surface area (Å²) < 4.78 is 0. The molecule has 0 heterocycles. The van der Waals surface area contributed by atoms with E-state index in [1.165, 1.54) is 0 Å². The van der Waals surface area contributed by atoms with Crippen molar-refractivity contribution in [3.05, 3.63) is 0 Å². The van der Waals surface area contributed by atoms with Crippen LogP contribution in [-0.2, 0) is 19.2 Å². The molecule has 0 atom stereocenters.